The molecule has 2 N–H and O–H groups in total. The van der Waals surface area contributed by atoms with Gasteiger partial charge < -0.3 is 15.2 Å². The van der Waals surface area contributed by atoms with Crippen LogP contribution in [0.15, 0.2) is 24.3 Å². The fourth-order valence-electron chi connectivity index (χ4n) is 2.15. The standard InChI is InChI=1S/C14H19NO3/c1-14(2)11(8-12(14)16)15-13(17)9-5-4-6-10(7-9)18-3/h4-7,11-12,16H,8H2,1-3H3,(H,15,17). The number of methoxy groups -OCH3 is 1. The molecule has 0 radical (unpaired) electrons. The van der Waals surface area contributed by atoms with Crippen molar-refractivity contribution in [2.75, 3.05) is 7.11 Å². The lowest BCUT2D eigenvalue weighted by Gasteiger charge is -2.49. The molecule has 98 valence electrons. The Balaban J connectivity index is 2.04. The molecule has 1 aromatic carbocycles. The van der Waals surface area contributed by atoms with Gasteiger partial charge in [0.1, 0.15) is 5.75 Å². The van der Waals surface area contributed by atoms with Crippen LogP contribution in [0.5, 0.6) is 5.75 Å². The molecule has 1 amide bonds. The van der Waals surface area contributed by atoms with Gasteiger partial charge >= 0.3 is 0 Å². The van der Waals surface area contributed by atoms with Crippen LogP contribution in [-0.2, 0) is 0 Å². The monoisotopic (exact) mass is 249 g/mol. The van der Waals surface area contributed by atoms with Gasteiger partial charge in [0.25, 0.3) is 5.91 Å². The summed E-state index contributed by atoms with van der Waals surface area (Å²) in [5.74, 6) is 0.537. The van der Waals surface area contributed by atoms with Gasteiger partial charge in [0.15, 0.2) is 0 Å². The number of ether oxygens (including phenoxy) is 1. The molecule has 2 atom stereocenters. The zero-order valence-electron chi connectivity index (χ0n) is 10.9. The molecule has 1 aliphatic carbocycles. The highest BCUT2D eigenvalue weighted by Gasteiger charge is 2.47. The third-order valence-electron chi connectivity index (χ3n) is 3.85. The number of carbonyl (C=O) groups excluding carboxylic acids is 1. The summed E-state index contributed by atoms with van der Waals surface area (Å²) >= 11 is 0. The van der Waals surface area contributed by atoms with Crippen LogP contribution in [0.2, 0.25) is 0 Å². The van der Waals surface area contributed by atoms with Crippen molar-refractivity contribution < 1.29 is 14.6 Å². The Morgan fingerprint density at radius 3 is 2.78 bits per heavy atom. The Bertz CT molecular complexity index is 456. The van der Waals surface area contributed by atoms with Crippen molar-refractivity contribution in [2.45, 2.75) is 32.4 Å². The second-order valence-corrected chi connectivity index (χ2v) is 5.33. The molecule has 0 aliphatic heterocycles. The highest BCUT2D eigenvalue weighted by atomic mass is 16.5. The van der Waals surface area contributed by atoms with Crippen LogP contribution in [0.4, 0.5) is 0 Å². The molecule has 0 saturated heterocycles. The number of benzene rings is 1. The maximum absolute atomic E-state index is 12.1. The smallest absolute Gasteiger partial charge is 0.251 e. The van der Waals surface area contributed by atoms with Crippen LogP contribution in [-0.4, -0.2) is 30.3 Å². The number of aliphatic hydroxyl groups is 1. The van der Waals surface area contributed by atoms with E-state index < -0.39 is 0 Å². The molecule has 1 aromatic rings. The topological polar surface area (TPSA) is 58.6 Å². The first-order valence-corrected chi connectivity index (χ1v) is 6.08. The zero-order valence-corrected chi connectivity index (χ0v) is 10.9. The summed E-state index contributed by atoms with van der Waals surface area (Å²) in [6.07, 6.45) is 0.274. The largest absolute Gasteiger partial charge is 0.497 e. The van der Waals surface area contributed by atoms with Gasteiger partial charge in [-0.1, -0.05) is 19.9 Å². The Morgan fingerprint density at radius 2 is 2.22 bits per heavy atom. The first-order valence-electron chi connectivity index (χ1n) is 6.08. The first kappa shape index (κ1) is 12.9. The molecular weight excluding hydrogens is 230 g/mol. The molecule has 18 heavy (non-hydrogen) atoms. The van der Waals surface area contributed by atoms with Crippen LogP contribution in [0, 0.1) is 5.41 Å². The quantitative estimate of drug-likeness (QED) is 0.855. The first-order chi connectivity index (χ1) is 8.45. The Hall–Kier alpha value is -1.55. The Morgan fingerprint density at radius 1 is 1.50 bits per heavy atom. The van der Waals surface area contributed by atoms with Crippen molar-refractivity contribution in [3.8, 4) is 5.75 Å². The van der Waals surface area contributed by atoms with E-state index in [-0.39, 0.29) is 23.5 Å². The number of carbonyl (C=O) groups is 1. The van der Waals surface area contributed by atoms with Gasteiger partial charge in [-0.05, 0) is 24.6 Å². The molecule has 1 saturated carbocycles. The van der Waals surface area contributed by atoms with Gasteiger partial charge in [0.2, 0.25) is 0 Å². The van der Waals surface area contributed by atoms with Gasteiger partial charge in [-0.25, -0.2) is 0 Å². The number of rotatable bonds is 3. The van der Waals surface area contributed by atoms with E-state index in [0.717, 1.165) is 0 Å². The van der Waals surface area contributed by atoms with Crippen LogP contribution in [0.25, 0.3) is 0 Å². The lowest BCUT2D eigenvalue weighted by Crippen LogP contribution is -2.61. The van der Waals surface area contributed by atoms with Crippen molar-refractivity contribution in [2.24, 2.45) is 5.41 Å². The number of aliphatic hydroxyl groups excluding tert-OH is 1. The van der Waals surface area contributed by atoms with Crippen LogP contribution >= 0.6 is 0 Å². The van der Waals surface area contributed by atoms with E-state index >= 15 is 0 Å². The van der Waals surface area contributed by atoms with E-state index in [4.69, 9.17) is 4.74 Å². The molecule has 0 heterocycles. The third kappa shape index (κ3) is 2.20. The molecule has 2 unspecified atom stereocenters. The lowest BCUT2D eigenvalue weighted by atomic mass is 9.64. The normalized spacial score (nSPS) is 25.1. The molecule has 1 aliphatic rings. The molecule has 0 aromatic heterocycles. The van der Waals surface area contributed by atoms with E-state index in [1.165, 1.54) is 0 Å². The molecule has 4 heteroatoms. The summed E-state index contributed by atoms with van der Waals surface area (Å²) in [5.41, 5.74) is 0.320. The molecular formula is C14H19NO3. The fourth-order valence-corrected chi connectivity index (χ4v) is 2.15. The number of nitrogens with one attached hydrogen (secondary N) is 1. The zero-order chi connectivity index (χ0) is 13.3. The second-order valence-electron chi connectivity index (χ2n) is 5.33. The van der Waals surface area contributed by atoms with Gasteiger partial charge in [0.05, 0.1) is 13.2 Å². The molecule has 1 fully saturated rings. The number of hydrogen-bond donors (Lipinski definition) is 2. The highest BCUT2D eigenvalue weighted by Crippen LogP contribution is 2.40. The maximum Gasteiger partial charge on any atom is 0.251 e. The fraction of sp³-hybridized carbons (Fsp3) is 0.500. The van der Waals surface area contributed by atoms with Crippen molar-refractivity contribution in [1.29, 1.82) is 0 Å². The SMILES string of the molecule is COc1cccc(C(=O)NC2CC(O)C2(C)C)c1. The van der Waals surface area contributed by atoms with Gasteiger partial charge in [-0.15, -0.1) is 0 Å². The van der Waals surface area contributed by atoms with Crippen molar-refractivity contribution >= 4 is 5.91 Å². The molecule has 0 spiro atoms. The predicted octanol–water partition coefficient (Wildman–Crippen LogP) is 1.58. The summed E-state index contributed by atoms with van der Waals surface area (Å²) < 4.78 is 5.09. The van der Waals surface area contributed by atoms with Gasteiger partial charge in [0, 0.05) is 17.0 Å². The second kappa shape index (κ2) is 4.61. The summed E-state index contributed by atoms with van der Waals surface area (Å²) in [7, 11) is 1.57. The summed E-state index contributed by atoms with van der Waals surface area (Å²) in [6, 6.07) is 7.06. The average Bonchev–Trinajstić information content (AvgIpc) is 2.38. The Labute approximate surface area is 107 Å². The van der Waals surface area contributed by atoms with Crippen molar-refractivity contribution in [1.82, 2.24) is 5.32 Å². The van der Waals surface area contributed by atoms with Crippen molar-refractivity contribution in [3.63, 3.8) is 0 Å². The summed E-state index contributed by atoms with van der Waals surface area (Å²) in [6.45, 7) is 3.91. The minimum atomic E-state index is -0.340. The van der Waals surface area contributed by atoms with Gasteiger partial charge in [-0.3, -0.25) is 4.79 Å². The lowest BCUT2D eigenvalue weighted by molar-refractivity contribution is -0.0689. The van der Waals surface area contributed by atoms with E-state index in [1.807, 2.05) is 13.8 Å². The van der Waals surface area contributed by atoms with Crippen LogP contribution in [0.1, 0.15) is 30.6 Å². The van der Waals surface area contributed by atoms with Crippen molar-refractivity contribution in [3.05, 3.63) is 29.8 Å². The number of hydrogen-bond acceptors (Lipinski definition) is 3. The van der Waals surface area contributed by atoms with Crippen LogP contribution in [0.3, 0.4) is 0 Å². The van der Waals surface area contributed by atoms with E-state index in [1.54, 1.807) is 31.4 Å². The summed E-state index contributed by atoms with van der Waals surface area (Å²) in [5, 5.41) is 12.6. The Kier molecular flexibility index (Phi) is 3.30. The van der Waals surface area contributed by atoms with E-state index in [0.29, 0.717) is 17.7 Å². The molecule has 4 nitrogen and oxygen atoms in total. The van der Waals surface area contributed by atoms with E-state index in [9.17, 15) is 9.90 Å². The highest BCUT2D eigenvalue weighted by molar-refractivity contribution is 5.94. The van der Waals surface area contributed by atoms with E-state index in [2.05, 4.69) is 5.32 Å². The molecule has 0 bridgehead atoms. The molecule has 2 rings (SSSR count). The minimum Gasteiger partial charge on any atom is -0.497 e. The third-order valence-corrected chi connectivity index (χ3v) is 3.85. The summed E-state index contributed by atoms with van der Waals surface area (Å²) in [4.78, 5) is 12.1. The van der Waals surface area contributed by atoms with Crippen LogP contribution < -0.4 is 10.1 Å². The predicted molar refractivity (Wildman–Crippen MR) is 68.7 cm³/mol. The average molecular weight is 249 g/mol. The maximum atomic E-state index is 12.1. The van der Waals surface area contributed by atoms with Gasteiger partial charge in [-0.2, -0.15) is 0 Å². The number of amides is 1. The minimum absolute atomic E-state index is 0.0196.